The summed E-state index contributed by atoms with van der Waals surface area (Å²) >= 11 is 0. The van der Waals surface area contributed by atoms with E-state index in [0.717, 1.165) is 0 Å². The Morgan fingerprint density at radius 3 is 2.54 bits per heavy atom. The summed E-state index contributed by atoms with van der Waals surface area (Å²) in [5.74, 6) is 0. The third-order valence-corrected chi connectivity index (χ3v) is 1.64. The highest BCUT2D eigenvalue weighted by Crippen LogP contribution is 2.24. The number of alkyl carbamates (subject to hydrolysis) is 1. The Morgan fingerprint density at radius 2 is 2.15 bits per heavy atom. The van der Waals surface area contributed by atoms with E-state index in [-0.39, 0.29) is 11.7 Å². The fraction of sp³-hybridized carbons (Fsp3) is 0.889. The second-order valence-electron chi connectivity index (χ2n) is 4.59. The maximum Gasteiger partial charge on any atom is 0.407 e. The summed E-state index contributed by atoms with van der Waals surface area (Å²) in [4.78, 5) is 11.1. The van der Waals surface area contributed by atoms with Gasteiger partial charge in [0.15, 0.2) is 0 Å². The van der Waals surface area contributed by atoms with Crippen LogP contribution in [0.15, 0.2) is 0 Å². The maximum absolute atomic E-state index is 11.1. The molecule has 1 N–H and O–H groups in total. The minimum Gasteiger partial charge on any atom is -0.444 e. The number of carbonyl (C=O) groups excluding carboxylic acids is 1. The third kappa shape index (κ3) is 4.12. The molecule has 4 heteroatoms. The monoisotopic (exact) mass is 187 g/mol. The average Bonchev–Trinajstić information content (AvgIpc) is 2.62. The second kappa shape index (κ2) is 3.18. The van der Waals surface area contributed by atoms with Crippen LogP contribution in [0.25, 0.3) is 0 Å². The normalized spacial score (nSPS) is 26.8. The lowest BCUT2D eigenvalue weighted by Crippen LogP contribution is -2.37. The predicted molar refractivity (Wildman–Crippen MR) is 48.6 cm³/mol. The zero-order valence-corrected chi connectivity index (χ0v) is 8.64. The van der Waals surface area contributed by atoms with Gasteiger partial charge in [0.05, 0.1) is 13.2 Å². The molecule has 0 saturated carbocycles. The first-order valence-electron chi connectivity index (χ1n) is 4.42. The minimum atomic E-state index is -0.435. The van der Waals surface area contributed by atoms with Crippen LogP contribution in [0.3, 0.4) is 0 Å². The van der Waals surface area contributed by atoms with Crippen molar-refractivity contribution in [3.63, 3.8) is 0 Å². The first kappa shape index (κ1) is 10.3. The van der Waals surface area contributed by atoms with Crippen LogP contribution in [0.5, 0.6) is 0 Å². The Morgan fingerprint density at radius 1 is 1.62 bits per heavy atom. The summed E-state index contributed by atoms with van der Waals surface area (Å²) in [6.45, 7) is 8.68. The van der Waals surface area contributed by atoms with Crippen molar-refractivity contribution >= 4 is 6.09 Å². The molecule has 1 aliphatic rings. The van der Waals surface area contributed by atoms with Crippen LogP contribution in [0, 0.1) is 0 Å². The molecule has 0 aromatic heterocycles. The van der Waals surface area contributed by atoms with Gasteiger partial charge < -0.3 is 14.8 Å². The van der Waals surface area contributed by atoms with Gasteiger partial charge in [0.25, 0.3) is 0 Å². The minimum absolute atomic E-state index is 0.156. The molecule has 1 fully saturated rings. The fourth-order valence-corrected chi connectivity index (χ4v) is 0.799. The van der Waals surface area contributed by atoms with Gasteiger partial charge in [-0.05, 0) is 27.7 Å². The second-order valence-corrected chi connectivity index (χ2v) is 4.59. The first-order valence-corrected chi connectivity index (χ1v) is 4.42. The topological polar surface area (TPSA) is 50.9 Å². The van der Waals surface area contributed by atoms with Gasteiger partial charge in [-0.1, -0.05) is 0 Å². The van der Waals surface area contributed by atoms with Gasteiger partial charge in [-0.25, -0.2) is 4.79 Å². The Labute approximate surface area is 78.6 Å². The molecule has 0 aliphatic carbocycles. The molecule has 1 heterocycles. The molecular weight excluding hydrogens is 170 g/mol. The van der Waals surface area contributed by atoms with Gasteiger partial charge in [-0.3, -0.25) is 0 Å². The molecule has 13 heavy (non-hydrogen) atoms. The smallest absolute Gasteiger partial charge is 0.407 e. The highest BCUT2D eigenvalue weighted by molar-refractivity contribution is 5.67. The number of hydrogen-bond acceptors (Lipinski definition) is 3. The van der Waals surface area contributed by atoms with Crippen molar-refractivity contribution in [3.8, 4) is 0 Å². The molecule has 1 aliphatic heterocycles. The number of ether oxygens (including phenoxy) is 2. The van der Waals surface area contributed by atoms with Crippen LogP contribution in [0.4, 0.5) is 4.79 Å². The standard InChI is InChI=1S/C9H17NO3/c1-8(2,3)13-7(11)10-5-9(4)6-12-9/h5-6H2,1-4H3,(H,10,11)/t9-/m1/s1. The number of hydrogen-bond donors (Lipinski definition) is 1. The summed E-state index contributed by atoms with van der Waals surface area (Å²) in [6.07, 6.45) is -0.385. The van der Waals surface area contributed by atoms with Crippen LogP contribution in [-0.2, 0) is 9.47 Å². The van der Waals surface area contributed by atoms with Crippen molar-refractivity contribution in [1.82, 2.24) is 5.32 Å². The van der Waals surface area contributed by atoms with E-state index in [1.165, 1.54) is 0 Å². The number of amides is 1. The fourth-order valence-electron chi connectivity index (χ4n) is 0.799. The van der Waals surface area contributed by atoms with Gasteiger partial charge >= 0.3 is 6.09 Å². The summed E-state index contributed by atoms with van der Waals surface area (Å²) in [5, 5.41) is 2.66. The molecule has 0 aromatic carbocycles. The quantitative estimate of drug-likeness (QED) is 0.663. The highest BCUT2D eigenvalue weighted by Gasteiger charge is 2.39. The number of rotatable bonds is 2. The predicted octanol–water partition coefficient (Wildman–Crippen LogP) is 1.30. The van der Waals surface area contributed by atoms with Crippen molar-refractivity contribution in [2.24, 2.45) is 0 Å². The van der Waals surface area contributed by atoms with Crippen LogP contribution >= 0.6 is 0 Å². The third-order valence-electron chi connectivity index (χ3n) is 1.64. The van der Waals surface area contributed by atoms with E-state index < -0.39 is 5.60 Å². The summed E-state index contributed by atoms with van der Waals surface area (Å²) in [5.41, 5.74) is -0.591. The van der Waals surface area contributed by atoms with Crippen molar-refractivity contribution < 1.29 is 14.3 Å². The van der Waals surface area contributed by atoms with Gasteiger partial charge in [-0.2, -0.15) is 0 Å². The van der Waals surface area contributed by atoms with Crippen molar-refractivity contribution in [3.05, 3.63) is 0 Å². The number of carbonyl (C=O) groups is 1. The van der Waals surface area contributed by atoms with Crippen molar-refractivity contribution in [2.45, 2.75) is 38.9 Å². The molecule has 1 amide bonds. The van der Waals surface area contributed by atoms with E-state index in [0.29, 0.717) is 13.2 Å². The average molecular weight is 187 g/mol. The van der Waals surface area contributed by atoms with Crippen molar-refractivity contribution in [1.29, 1.82) is 0 Å². The number of nitrogens with one attached hydrogen (secondary N) is 1. The Balaban J connectivity index is 2.18. The van der Waals surface area contributed by atoms with Crippen LogP contribution < -0.4 is 5.32 Å². The van der Waals surface area contributed by atoms with E-state index >= 15 is 0 Å². The van der Waals surface area contributed by atoms with E-state index in [2.05, 4.69) is 5.32 Å². The lowest BCUT2D eigenvalue weighted by molar-refractivity contribution is 0.0515. The van der Waals surface area contributed by atoms with E-state index in [4.69, 9.17) is 9.47 Å². The zero-order valence-electron chi connectivity index (χ0n) is 8.64. The molecular formula is C9H17NO3. The molecule has 0 spiro atoms. The van der Waals surface area contributed by atoms with Crippen LogP contribution in [0.2, 0.25) is 0 Å². The molecule has 1 saturated heterocycles. The largest absolute Gasteiger partial charge is 0.444 e. The Hall–Kier alpha value is -0.770. The molecule has 0 aromatic rings. The maximum atomic E-state index is 11.1. The van der Waals surface area contributed by atoms with Gasteiger partial charge in [0.1, 0.15) is 11.2 Å². The lowest BCUT2D eigenvalue weighted by atomic mass is 10.2. The Kier molecular flexibility index (Phi) is 2.52. The SMILES string of the molecule is CC(C)(C)OC(=O)NC[C@]1(C)CO1. The summed E-state index contributed by atoms with van der Waals surface area (Å²) < 4.78 is 10.2. The summed E-state index contributed by atoms with van der Waals surface area (Å²) in [7, 11) is 0. The van der Waals surface area contributed by atoms with E-state index in [1.54, 1.807) is 0 Å². The lowest BCUT2D eigenvalue weighted by Gasteiger charge is -2.20. The molecule has 0 radical (unpaired) electrons. The van der Waals surface area contributed by atoms with Crippen LogP contribution in [-0.4, -0.2) is 30.4 Å². The molecule has 0 bridgehead atoms. The molecule has 76 valence electrons. The van der Waals surface area contributed by atoms with E-state index in [9.17, 15) is 4.79 Å². The Bertz CT molecular complexity index is 203. The molecule has 1 rings (SSSR count). The van der Waals surface area contributed by atoms with Gasteiger partial charge in [0.2, 0.25) is 0 Å². The van der Waals surface area contributed by atoms with Gasteiger partial charge in [0, 0.05) is 0 Å². The number of epoxide rings is 1. The highest BCUT2D eigenvalue weighted by atomic mass is 16.6. The van der Waals surface area contributed by atoms with Gasteiger partial charge in [-0.15, -0.1) is 0 Å². The van der Waals surface area contributed by atoms with Crippen LogP contribution in [0.1, 0.15) is 27.7 Å². The molecule has 0 unspecified atom stereocenters. The van der Waals surface area contributed by atoms with Crippen molar-refractivity contribution in [2.75, 3.05) is 13.2 Å². The zero-order chi connectivity index (χ0) is 10.1. The first-order chi connectivity index (χ1) is 5.81. The molecule has 4 nitrogen and oxygen atoms in total. The summed E-state index contributed by atoms with van der Waals surface area (Å²) in [6, 6.07) is 0. The van der Waals surface area contributed by atoms with E-state index in [1.807, 2.05) is 27.7 Å². The molecule has 1 atom stereocenters.